The highest BCUT2D eigenvalue weighted by atomic mass is 32.3. The highest BCUT2D eigenvalue weighted by Gasteiger charge is 1.99. The molecule has 0 unspecified atom stereocenters. The van der Waals surface area contributed by atoms with Gasteiger partial charge in [-0.05, 0) is 0 Å². The first kappa shape index (κ1) is 8.76. The molecule has 0 fully saturated rings. The van der Waals surface area contributed by atoms with Gasteiger partial charge in [0.2, 0.25) is 0 Å². The van der Waals surface area contributed by atoms with Gasteiger partial charge in [-0.25, -0.2) is 8.39 Å². The second-order valence-corrected chi connectivity index (χ2v) is 2.59. The second kappa shape index (κ2) is 3.72. The van der Waals surface area contributed by atoms with Crippen LogP contribution in [0, 0.1) is 0 Å². The molecule has 0 rings (SSSR count). The Bertz CT molecular complexity index is 209. The van der Waals surface area contributed by atoms with E-state index in [2.05, 4.69) is 4.18 Å². The lowest BCUT2D eigenvalue weighted by Gasteiger charge is -1.89. The monoisotopic (exact) mass is 172 g/mol. The summed E-state index contributed by atoms with van der Waals surface area (Å²) >= 11 is 0.0668. The van der Waals surface area contributed by atoms with Gasteiger partial charge in [0.1, 0.15) is 0 Å². The molecule has 7 heteroatoms. The van der Waals surface area contributed by atoms with Crippen LogP contribution in [0.3, 0.4) is 0 Å². The molecule has 9 heavy (non-hydrogen) atoms. The van der Waals surface area contributed by atoms with E-state index in [1.165, 1.54) is 0 Å². The van der Waals surface area contributed by atoms with Crippen LogP contribution in [0.2, 0.25) is 0 Å². The van der Waals surface area contributed by atoms with Gasteiger partial charge in [0.25, 0.3) is 0 Å². The molecule has 0 atom stereocenters. The van der Waals surface area contributed by atoms with Crippen molar-refractivity contribution >= 4 is 27.0 Å². The molecular weight excluding hydrogens is 168 g/mol. The van der Waals surface area contributed by atoms with Crippen molar-refractivity contribution in [1.29, 1.82) is 0 Å². The Hall–Kier alpha value is -0.240. The molecule has 5 nitrogen and oxygen atoms in total. The molecule has 0 aromatic heterocycles. The van der Waals surface area contributed by atoms with Crippen molar-refractivity contribution in [2.24, 2.45) is 0 Å². The summed E-state index contributed by atoms with van der Waals surface area (Å²) in [5.41, 5.74) is 0. The summed E-state index contributed by atoms with van der Waals surface area (Å²) < 4.78 is 40.5. The van der Waals surface area contributed by atoms with Gasteiger partial charge in [-0.1, -0.05) is 0 Å². The van der Waals surface area contributed by atoms with Gasteiger partial charge in [-0.2, -0.15) is 8.42 Å². The van der Waals surface area contributed by atoms with E-state index in [9.17, 15) is 12.6 Å². The minimum absolute atomic E-state index is 0.0668. The summed E-state index contributed by atoms with van der Waals surface area (Å²) in [5, 5.41) is 0.952. The quantitative estimate of drug-likeness (QED) is 0.428. The van der Waals surface area contributed by atoms with Gasteiger partial charge < -0.3 is 0 Å². The van der Waals surface area contributed by atoms with Crippen LogP contribution in [0.1, 0.15) is 0 Å². The Morgan fingerprint density at radius 2 is 2.22 bits per heavy atom. The molecule has 0 aliphatic rings. The fraction of sp³-hybridized carbons (Fsp3) is 0.500. The summed E-state index contributed by atoms with van der Waals surface area (Å²) in [7, 11) is -4.38. The molecule has 0 saturated carbocycles. The molecule has 1 N–H and O–H groups in total. The minimum atomic E-state index is -4.38. The second-order valence-electron chi connectivity index (χ2n) is 0.975. The Kier molecular flexibility index (Phi) is 3.62. The molecule has 0 heterocycles. The van der Waals surface area contributed by atoms with Gasteiger partial charge in [0, 0.05) is 5.37 Å². The highest BCUT2D eigenvalue weighted by molar-refractivity contribution is 7.81. The minimum Gasteiger partial charge on any atom is -0.264 e. The lowest BCUT2D eigenvalue weighted by atomic mass is 10.9. The van der Waals surface area contributed by atoms with Crippen molar-refractivity contribution in [3.05, 3.63) is 0 Å². The standard InChI is InChI=1S/C2H4O5S2/c3-8-2-1-7-9(4,5)6/h2H,1H2,(H,4,5,6). The van der Waals surface area contributed by atoms with E-state index in [0.29, 0.717) is 0 Å². The predicted molar refractivity (Wildman–Crippen MR) is 31.7 cm³/mol. The third kappa shape index (κ3) is 7.76. The molecule has 0 spiro atoms. The van der Waals surface area contributed by atoms with Crippen LogP contribution in [0.15, 0.2) is 0 Å². The van der Waals surface area contributed by atoms with E-state index < -0.39 is 17.0 Å². The Balaban J connectivity index is 3.66. The molecule has 54 valence electrons. The van der Waals surface area contributed by atoms with Crippen LogP contribution in [0.4, 0.5) is 0 Å². The third-order valence-corrected chi connectivity index (χ3v) is 1.06. The smallest absolute Gasteiger partial charge is 0.264 e. The van der Waals surface area contributed by atoms with Crippen LogP contribution in [0.25, 0.3) is 0 Å². The summed E-state index contributed by atoms with van der Waals surface area (Å²) in [6, 6.07) is 0. The number of hydrogen-bond donors (Lipinski definition) is 1. The van der Waals surface area contributed by atoms with Crippen molar-refractivity contribution in [3.63, 3.8) is 0 Å². The average molecular weight is 172 g/mol. The van der Waals surface area contributed by atoms with E-state index >= 15 is 0 Å². The number of hydrogen-bond acceptors (Lipinski definition) is 4. The predicted octanol–water partition coefficient (Wildman–Crippen LogP) is -1.18. The van der Waals surface area contributed by atoms with Gasteiger partial charge in [0.15, 0.2) is 0 Å². The molecule has 0 aliphatic carbocycles. The first-order chi connectivity index (χ1) is 4.06. The molecule has 0 radical (unpaired) electrons. The van der Waals surface area contributed by atoms with E-state index in [-0.39, 0.29) is 11.3 Å². The Labute approximate surface area is 55.7 Å². The fourth-order valence-corrected chi connectivity index (χ4v) is 0.591. The maximum Gasteiger partial charge on any atom is 0.397 e. The molecule has 0 bridgehead atoms. The summed E-state index contributed by atoms with van der Waals surface area (Å²) in [6.45, 7) is -0.410. The molecule has 0 amide bonds. The van der Waals surface area contributed by atoms with Gasteiger partial charge in [0.05, 0.1) is 17.9 Å². The maximum atomic E-state index is 9.71. The largest absolute Gasteiger partial charge is 0.397 e. The van der Waals surface area contributed by atoms with Crippen LogP contribution in [-0.4, -0.2) is 29.2 Å². The van der Waals surface area contributed by atoms with Crippen LogP contribution >= 0.6 is 0 Å². The normalized spacial score (nSPS) is 10.8. The number of rotatable bonds is 3. The van der Waals surface area contributed by atoms with Crippen molar-refractivity contribution in [3.8, 4) is 0 Å². The lowest BCUT2D eigenvalue weighted by molar-refractivity contribution is 0.307. The van der Waals surface area contributed by atoms with E-state index in [0.717, 1.165) is 5.37 Å². The molecule has 0 aromatic rings. The summed E-state index contributed by atoms with van der Waals surface area (Å²) in [5.74, 6) is 0. The third-order valence-electron chi connectivity index (χ3n) is 0.353. The molecule has 0 aromatic carbocycles. The lowest BCUT2D eigenvalue weighted by Crippen LogP contribution is -2.05. The molecule has 0 saturated heterocycles. The van der Waals surface area contributed by atoms with E-state index in [4.69, 9.17) is 4.55 Å². The molecular formula is C2H4O5S2. The van der Waals surface area contributed by atoms with Crippen molar-refractivity contribution in [1.82, 2.24) is 0 Å². The van der Waals surface area contributed by atoms with Crippen molar-refractivity contribution in [2.75, 3.05) is 6.61 Å². The van der Waals surface area contributed by atoms with Crippen LogP contribution in [-0.2, 0) is 25.8 Å². The van der Waals surface area contributed by atoms with Crippen molar-refractivity contribution < 1.29 is 21.4 Å². The summed E-state index contributed by atoms with van der Waals surface area (Å²) in [6.07, 6.45) is 0. The molecule has 0 aliphatic heterocycles. The topological polar surface area (TPSA) is 80.7 Å². The van der Waals surface area contributed by atoms with E-state index in [1.54, 1.807) is 0 Å². The highest BCUT2D eigenvalue weighted by Crippen LogP contribution is 1.80. The van der Waals surface area contributed by atoms with Crippen LogP contribution in [0.5, 0.6) is 0 Å². The van der Waals surface area contributed by atoms with Crippen LogP contribution < -0.4 is 0 Å². The Morgan fingerprint density at radius 3 is 2.56 bits per heavy atom. The SMILES string of the molecule is O=S=CCOS(=O)(=O)O. The van der Waals surface area contributed by atoms with Gasteiger partial charge in [-0.15, -0.1) is 0 Å². The zero-order valence-electron chi connectivity index (χ0n) is 4.18. The van der Waals surface area contributed by atoms with E-state index in [1.807, 2.05) is 0 Å². The van der Waals surface area contributed by atoms with Crippen molar-refractivity contribution in [2.45, 2.75) is 0 Å². The zero-order valence-corrected chi connectivity index (χ0v) is 5.81. The van der Waals surface area contributed by atoms with Gasteiger partial charge >= 0.3 is 10.4 Å². The van der Waals surface area contributed by atoms with Gasteiger partial charge in [-0.3, -0.25) is 4.55 Å². The Morgan fingerprint density at radius 1 is 1.67 bits per heavy atom. The zero-order chi connectivity index (χ0) is 7.33. The average Bonchev–Trinajstić information content (AvgIpc) is 1.63. The summed E-state index contributed by atoms with van der Waals surface area (Å²) in [4.78, 5) is 0. The fourth-order valence-electron chi connectivity index (χ4n) is 0.142. The first-order valence-electron chi connectivity index (χ1n) is 1.78. The first-order valence-corrected chi connectivity index (χ1v) is 3.95. The maximum absolute atomic E-state index is 9.71.